The van der Waals surface area contributed by atoms with Gasteiger partial charge in [0.1, 0.15) is 5.75 Å². The lowest BCUT2D eigenvalue weighted by Gasteiger charge is -2.24. The van der Waals surface area contributed by atoms with Crippen molar-refractivity contribution in [2.24, 2.45) is 23.5 Å². The molecule has 2 bridgehead atoms. The van der Waals surface area contributed by atoms with Crippen molar-refractivity contribution < 1.29 is 4.74 Å². The summed E-state index contributed by atoms with van der Waals surface area (Å²) < 4.78 is 5.50. The standard InChI is InChI=1S/C16H24N2O/c1-2-19-15-7-14(9-18-10-15)16(17)8-13-6-11-3-4-12(13)5-11/h7,9-13,16H,2-6,8,17H2,1H3. The Morgan fingerprint density at radius 3 is 2.95 bits per heavy atom. The number of hydrogen-bond acceptors (Lipinski definition) is 3. The maximum Gasteiger partial charge on any atom is 0.137 e. The van der Waals surface area contributed by atoms with Crippen LogP contribution in [0.2, 0.25) is 0 Å². The van der Waals surface area contributed by atoms with Gasteiger partial charge in [0.2, 0.25) is 0 Å². The molecule has 3 heteroatoms. The fourth-order valence-electron chi connectivity index (χ4n) is 4.01. The van der Waals surface area contributed by atoms with Crippen LogP contribution in [0.15, 0.2) is 18.5 Å². The van der Waals surface area contributed by atoms with Crippen molar-refractivity contribution in [2.45, 2.75) is 45.1 Å². The molecule has 1 heterocycles. The number of nitrogens with zero attached hydrogens (tertiary/aromatic N) is 1. The first-order valence-corrected chi connectivity index (χ1v) is 7.59. The molecule has 0 saturated heterocycles. The van der Waals surface area contributed by atoms with E-state index in [0.717, 1.165) is 35.5 Å². The van der Waals surface area contributed by atoms with Gasteiger partial charge >= 0.3 is 0 Å². The molecule has 4 unspecified atom stereocenters. The van der Waals surface area contributed by atoms with E-state index in [1.165, 1.54) is 25.7 Å². The number of nitrogens with two attached hydrogens (primary N) is 1. The van der Waals surface area contributed by atoms with Crippen molar-refractivity contribution in [3.8, 4) is 5.75 Å². The number of rotatable bonds is 5. The number of pyridine rings is 1. The number of fused-ring (bicyclic) bond motifs is 2. The molecule has 1 aromatic heterocycles. The van der Waals surface area contributed by atoms with Crippen molar-refractivity contribution in [2.75, 3.05) is 6.61 Å². The number of aromatic nitrogens is 1. The van der Waals surface area contributed by atoms with Crippen LogP contribution in [0.4, 0.5) is 0 Å². The van der Waals surface area contributed by atoms with E-state index in [1.807, 2.05) is 19.2 Å². The van der Waals surface area contributed by atoms with Gasteiger partial charge in [0.05, 0.1) is 12.8 Å². The maximum absolute atomic E-state index is 6.38. The van der Waals surface area contributed by atoms with E-state index < -0.39 is 0 Å². The summed E-state index contributed by atoms with van der Waals surface area (Å²) in [6, 6.07) is 2.16. The zero-order chi connectivity index (χ0) is 13.2. The zero-order valence-corrected chi connectivity index (χ0v) is 11.7. The van der Waals surface area contributed by atoms with E-state index >= 15 is 0 Å². The summed E-state index contributed by atoms with van der Waals surface area (Å²) in [5.41, 5.74) is 7.50. The monoisotopic (exact) mass is 260 g/mol. The highest BCUT2D eigenvalue weighted by atomic mass is 16.5. The Hall–Kier alpha value is -1.09. The minimum atomic E-state index is 0.109. The zero-order valence-electron chi connectivity index (χ0n) is 11.7. The van der Waals surface area contributed by atoms with Gasteiger partial charge in [0.15, 0.2) is 0 Å². The minimum Gasteiger partial charge on any atom is -0.492 e. The van der Waals surface area contributed by atoms with Gasteiger partial charge in [-0.15, -0.1) is 0 Å². The molecule has 3 nitrogen and oxygen atoms in total. The van der Waals surface area contributed by atoms with Gasteiger partial charge in [-0.3, -0.25) is 4.98 Å². The molecule has 2 aliphatic carbocycles. The average Bonchev–Trinajstić information content (AvgIpc) is 3.02. The lowest BCUT2D eigenvalue weighted by Crippen LogP contribution is -2.19. The van der Waals surface area contributed by atoms with Gasteiger partial charge in [-0.1, -0.05) is 6.42 Å². The summed E-state index contributed by atoms with van der Waals surface area (Å²) in [6.45, 7) is 2.66. The molecule has 19 heavy (non-hydrogen) atoms. The Labute approximate surface area is 115 Å². The molecule has 2 N–H and O–H groups in total. The first kappa shape index (κ1) is 12.9. The molecular weight excluding hydrogens is 236 g/mol. The molecule has 1 aromatic rings. The molecule has 2 saturated carbocycles. The Morgan fingerprint density at radius 1 is 1.37 bits per heavy atom. The van der Waals surface area contributed by atoms with Gasteiger partial charge in [0.25, 0.3) is 0 Å². The first-order chi connectivity index (χ1) is 9.26. The van der Waals surface area contributed by atoms with Crippen LogP contribution >= 0.6 is 0 Å². The molecule has 2 aliphatic rings. The number of hydrogen-bond donors (Lipinski definition) is 1. The second-order valence-electron chi connectivity index (χ2n) is 6.16. The van der Waals surface area contributed by atoms with Crippen LogP contribution in [0.3, 0.4) is 0 Å². The fraction of sp³-hybridized carbons (Fsp3) is 0.688. The van der Waals surface area contributed by atoms with E-state index in [9.17, 15) is 0 Å². The van der Waals surface area contributed by atoms with Gasteiger partial charge in [-0.2, -0.15) is 0 Å². The van der Waals surface area contributed by atoms with Gasteiger partial charge in [0, 0.05) is 12.2 Å². The van der Waals surface area contributed by atoms with E-state index in [-0.39, 0.29) is 6.04 Å². The highest BCUT2D eigenvalue weighted by molar-refractivity contribution is 5.26. The lowest BCUT2D eigenvalue weighted by molar-refractivity contribution is 0.295. The van der Waals surface area contributed by atoms with Gasteiger partial charge in [-0.05, 0) is 62.0 Å². The summed E-state index contributed by atoms with van der Waals surface area (Å²) in [7, 11) is 0. The molecule has 0 aromatic carbocycles. The summed E-state index contributed by atoms with van der Waals surface area (Å²) in [4.78, 5) is 4.24. The second kappa shape index (κ2) is 5.49. The molecule has 2 fully saturated rings. The predicted molar refractivity (Wildman–Crippen MR) is 75.9 cm³/mol. The molecule has 0 spiro atoms. The van der Waals surface area contributed by atoms with Crippen LogP contribution in [0.1, 0.15) is 50.6 Å². The predicted octanol–water partition coefficient (Wildman–Crippen LogP) is 3.31. The van der Waals surface area contributed by atoms with E-state index in [2.05, 4.69) is 4.98 Å². The Balaban J connectivity index is 1.63. The molecule has 0 amide bonds. The van der Waals surface area contributed by atoms with Gasteiger partial charge < -0.3 is 10.5 Å². The molecule has 0 radical (unpaired) electrons. The van der Waals surface area contributed by atoms with Crippen molar-refractivity contribution in [3.05, 3.63) is 24.0 Å². The lowest BCUT2D eigenvalue weighted by atomic mass is 9.83. The van der Waals surface area contributed by atoms with Crippen LogP contribution < -0.4 is 10.5 Å². The first-order valence-electron chi connectivity index (χ1n) is 7.59. The molecule has 4 atom stereocenters. The topological polar surface area (TPSA) is 48.1 Å². The van der Waals surface area contributed by atoms with E-state index in [1.54, 1.807) is 6.20 Å². The van der Waals surface area contributed by atoms with Crippen molar-refractivity contribution >= 4 is 0 Å². The Kier molecular flexibility index (Phi) is 3.74. The highest BCUT2D eigenvalue weighted by Gasteiger charge is 2.39. The molecule has 104 valence electrons. The van der Waals surface area contributed by atoms with Crippen LogP contribution in [-0.2, 0) is 0 Å². The van der Waals surface area contributed by atoms with Crippen LogP contribution in [-0.4, -0.2) is 11.6 Å². The average molecular weight is 260 g/mol. The van der Waals surface area contributed by atoms with Gasteiger partial charge in [-0.25, -0.2) is 0 Å². The third-order valence-electron chi connectivity index (χ3n) is 4.91. The van der Waals surface area contributed by atoms with Crippen molar-refractivity contribution in [3.63, 3.8) is 0 Å². The highest BCUT2D eigenvalue weighted by Crippen LogP contribution is 2.50. The Bertz CT molecular complexity index is 435. The van der Waals surface area contributed by atoms with Crippen LogP contribution in [0.5, 0.6) is 5.75 Å². The summed E-state index contributed by atoms with van der Waals surface area (Å²) >= 11 is 0. The van der Waals surface area contributed by atoms with Crippen LogP contribution in [0, 0.1) is 17.8 Å². The van der Waals surface area contributed by atoms with Crippen molar-refractivity contribution in [1.82, 2.24) is 4.98 Å². The summed E-state index contributed by atoms with van der Waals surface area (Å²) in [5.74, 6) is 3.61. The maximum atomic E-state index is 6.38. The second-order valence-corrected chi connectivity index (χ2v) is 6.16. The largest absolute Gasteiger partial charge is 0.492 e. The molecular formula is C16H24N2O. The summed E-state index contributed by atoms with van der Waals surface area (Å²) in [5, 5.41) is 0. The normalized spacial score (nSPS) is 30.5. The number of ether oxygens (including phenoxy) is 1. The smallest absolute Gasteiger partial charge is 0.137 e. The Morgan fingerprint density at radius 2 is 2.26 bits per heavy atom. The van der Waals surface area contributed by atoms with E-state index in [0.29, 0.717) is 6.61 Å². The third kappa shape index (κ3) is 2.76. The van der Waals surface area contributed by atoms with Crippen LogP contribution in [0.25, 0.3) is 0 Å². The SMILES string of the molecule is CCOc1cncc(C(N)CC2CC3CCC2C3)c1. The fourth-order valence-corrected chi connectivity index (χ4v) is 4.01. The minimum absolute atomic E-state index is 0.109. The quantitative estimate of drug-likeness (QED) is 0.883. The van der Waals surface area contributed by atoms with Crippen molar-refractivity contribution in [1.29, 1.82) is 0 Å². The van der Waals surface area contributed by atoms with E-state index in [4.69, 9.17) is 10.5 Å². The third-order valence-corrected chi connectivity index (χ3v) is 4.91. The summed E-state index contributed by atoms with van der Waals surface area (Å²) in [6.07, 6.45) is 10.5. The molecule has 3 rings (SSSR count). The molecule has 0 aliphatic heterocycles.